The number of hydrogen-bond acceptors (Lipinski definition) is 1. The number of carbonyl (C=O) groups is 1. The van der Waals surface area contributed by atoms with Crippen LogP contribution in [0, 0.1) is 11.2 Å². The minimum Gasteiger partial charge on any atom is -0.481 e. The topological polar surface area (TPSA) is 37.3 Å². The first kappa shape index (κ1) is 11.7. The summed E-state index contributed by atoms with van der Waals surface area (Å²) in [5.74, 6) is -1.15. The third kappa shape index (κ3) is 1.57. The van der Waals surface area contributed by atoms with Crippen LogP contribution in [0.2, 0.25) is 0 Å². The van der Waals surface area contributed by atoms with Crippen molar-refractivity contribution in [2.45, 2.75) is 43.9 Å². The Labute approximate surface area is 106 Å². The lowest BCUT2D eigenvalue weighted by Crippen LogP contribution is -2.53. The van der Waals surface area contributed by atoms with Gasteiger partial charge in [0.2, 0.25) is 0 Å². The van der Waals surface area contributed by atoms with E-state index in [9.17, 15) is 14.3 Å². The van der Waals surface area contributed by atoms with Gasteiger partial charge in [-0.05, 0) is 48.8 Å². The molecule has 1 aromatic carbocycles. The third-order valence-corrected chi connectivity index (χ3v) is 4.80. The molecule has 3 heteroatoms. The quantitative estimate of drug-likeness (QED) is 0.869. The summed E-state index contributed by atoms with van der Waals surface area (Å²) in [6.07, 6.45) is 6.05. The summed E-state index contributed by atoms with van der Waals surface area (Å²) in [5, 5.41) is 9.55. The van der Waals surface area contributed by atoms with Crippen LogP contribution < -0.4 is 0 Å². The van der Waals surface area contributed by atoms with Gasteiger partial charge in [-0.2, -0.15) is 0 Å². The molecule has 3 rings (SSSR count). The molecular formula is C15H17FO2. The molecule has 1 spiro atoms. The lowest BCUT2D eigenvalue weighted by Gasteiger charge is -2.52. The summed E-state index contributed by atoms with van der Waals surface area (Å²) < 4.78 is 13.3. The molecular weight excluding hydrogens is 231 g/mol. The van der Waals surface area contributed by atoms with Crippen LogP contribution in [0.1, 0.15) is 44.1 Å². The number of rotatable bonds is 2. The Kier molecular flexibility index (Phi) is 2.47. The summed E-state index contributed by atoms with van der Waals surface area (Å²) >= 11 is 0. The molecule has 2 saturated carbocycles. The fourth-order valence-electron chi connectivity index (χ4n) is 3.97. The highest BCUT2D eigenvalue weighted by molar-refractivity contribution is 5.83. The van der Waals surface area contributed by atoms with Gasteiger partial charge in [-0.15, -0.1) is 0 Å². The van der Waals surface area contributed by atoms with E-state index in [-0.39, 0.29) is 11.2 Å². The van der Waals surface area contributed by atoms with E-state index in [4.69, 9.17) is 0 Å². The first-order valence-corrected chi connectivity index (χ1v) is 6.56. The molecule has 0 saturated heterocycles. The molecule has 0 aliphatic heterocycles. The molecule has 0 radical (unpaired) electrons. The van der Waals surface area contributed by atoms with E-state index in [0.29, 0.717) is 18.4 Å². The second-order valence-corrected chi connectivity index (χ2v) is 5.96. The third-order valence-electron chi connectivity index (χ3n) is 4.80. The predicted molar refractivity (Wildman–Crippen MR) is 65.8 cm³/mol. The first-order valence-electron chi connectivity index (χ1n) is 6.56. The van der Waals surface area contributed by atoms with E-state index in [1.165, 1.54) is 25.0 Å². The lowest BCUT2D eigenvalue weighted by atomic mass is 9.49. The molecule has 0 amide bonds. The van der Waals surface area contributed by atoms with Crippen molar-refractivity contribution in [1.82, 2.24) is 0 Å². The van der Waals surface area contributed by atoms with Gasteiger partial charge >= 0.3 is 5.97 Å². The summed E-state index contributed by atoms with van der Waals surface area (Å²) in [5.41, 5.74) is 0.0180. The smallest absolute Gasteiger partial charge is 0.314 e. The predicted octanol–water partition coefficient (Wildman–Crippen LogP) is 3.50. The number of benzene rings is 1. The van der Waals surface area contributed by atoms with Gasteiger partial charge in [0, 0.05) is 0 Å². The van der Waals surface area contributed by atoms with E-state index < -0.39 is 11.4 Å². The van der Waals surface area contributed by atoms with E-state index >= 15 is 0 Å². The van der Waals surface area contributed by atoms with Gasteiger partial charge in [-0.1, -0.05) is 25.0 Å². The molecule has 2 nitrogen and oxygen atoms in total. The summed E-state index contributed by atoms with van der Waals surface area (Å²) in [7, 11) is 0. The molecule has 18 heavy (non-hydrogen) atoms. The fraction of sp³-hybridized carbons (Fsp3) is 0.533. The van der Waals surface area contributed by atoms with Crippen molar-refractivity contribution in [2.24, 2.45) is 5.41 Å². The molecule has 1 aromatic rings. The van der Waals surface area contributed by atoms with Gasteiger partial charge < -0.3 is 5.11 Å². The van der Waals surface area contributed by atoms with Gasteiger partial charge in [0.05, 0.1) is 5.41 Å². The Bertz CT molecular complexity index is 481. The Morgan fingerprint density at radius 3 is 2.44 bits per heavy atom. The van der Waals surface area contributed by atoms with E-state index in [0.717, 1.165) is 12.8 Å². The lowest BCUT2D eigenvalue weighted by molar-refractivity contribution is -0.154. The molecule has 0 atom stereocenters. The Hall–Kier alpha value is -1.38. The zero-order valence-electron chi connectivity index (χ0n) is 10.3. The standard InChI is InChI=1S/C15H17FO2/c16-12-5-3-4-11(8-12)15(13(17)18)9-14(10-15)6-1-2-7-14/h3-5,8H,1-2,6-7,9-10H2,(H,17,18). The minimum absolute atomic E-state index is 0.227. The SMILES string of the molecule is O=C(O)C1(c2cccc(F)c2)CC2(CCCC2)C1. The highest BCUT2D eigenvalue weighted by Crippen LogP contribution is 2.63. The largest absolute Gasteiger partial charge is 0.481 e. The summed E-state index contributed by atoms with van der Waals surface area (Å²) in [6, 6.07) is 6.10. The van der Waals surface area contributed by atoms with Crippen LogP contribution in [0.15, 0.2) is 24.3 Å². The maximum atomic E-state index is 13.3. The summed E-state index contributed by atoms with van der Waals surface area (Å²) in [4.78, 5) is 11.6. The molecule has 2 fully saturated rings. The van der Waals surface area contributed by atoms with Crippen LogP contribution in [0.3, 0.4) is 0 Å². The van der Waals surface area contributed by atoms with Crippen molar-refractivity contribution in [3.63, 3.8) is 0 Å². The van der Waals surface area contributed by atoms with E-state index in [2.05, 4.69) is 0 Å². The normalized spacial score (nSPS) is 23.8. The monoisotopic (exact) mass is 248 g/mol. The zero-order valence-corrected chi connectivity index (χ0v) is 10.3. The number of carboxylic acid groups (broad SMARTS) is 1. The van der Waals surface area contributed by atoms with Crippen molar-refractivity contribution in [3.8, 4) is 0 Å². The van der Waals surface area contributed by atoms with E-state index in [1.807, 2.05) is 0 Å². The Balaban J connectivity index is 1.93. The van der Waals surface area contributed by atoms with Crippen LogP contribution in [0.5, 0.6) is 0 Å². The average molecular weight is 248 g/mol. The molecule has 2 aliphatic rings. The number of hydrogen-bond donors (Lipinski definition) is 1. The van der Waals surface area contributed by atoms with Crippen LogP contribution in [0.4, 0.5) is 4.39 Å². The van der Waals surface area contributed by atoms with Crippen molar-refractivity contribution in [2.75, 3.05) is 0 Å². The number of aliphatic carboxylic acids is 1. The first-order chi connectivity index (χ1) is 8.56. The Morgan fingerprint density at radius 1 is 1.22 bits per heavy atom. The number of halogens is 1. The molecule has 96 valence electrons. The molecule has 0 bridgehead atoms. The second kappa shape index (κ2) is 3.81. The highest BCUT2D eigenvalue weighted by Gasteiger charge is 2.60. The van der Waals surface area contributed by atoms with Crippen LogP contribution in [-0.4, -0.2) is 11.1 Å². The fourth-order valence-corrected chi connectivity index (χ4v) is 3.97. The van der Waals surface area contributed by atoms with Gasteiger partial charge in [0.25, 0.3) is 0 Å². The zero-order chi connectivity index (χ0) is 12.8. The minimum atomic E-state index is -0.841. The van der Waals surface area contributed by atoms with Crippen molar-refractivity contribution >= 4 is 5.97 Å². The van der Waals surface area contributed by atoms with Gasteiger partial charge in [-0.3, -0.25) is 4.79 Å². The highest BCUT2D eigenvalue weighted by atomic mass is 19.1. The Morgan fingerprint density at radius 2 is 1.89 bits per heavy atom. The van der Waals surface area contributed by atoms with Crippen molar-refractivity contribution < 1.29 is 14.3 Å². The average Bonchev–Trinajstić information content (AvgIpc) is 2.74. The number of carboxylic acids is 1. The molecule has 2 aliphatic carbocycles. The maximum absolute atomic E-state index is 13.3. The molecule has 0 unspecified atom stereocenters. The molecule has 0 heterocycles. The van der Waals surface area contributed by atoms with Crippen molar-refractivity contribution in [1.29, 1.82) is 0 Å². The maximum Gasteiger partial charge on any atom is 0.314 e. The van der Waals surface area contributed by atoms with Crippen LogP contribution >= 0.6 is 0 Å². The summed E-state index contributed by atoms with van der Waals surface area (Å²) in [6.45, 7) is 0. The van der Waals surface area contributed by atoms with Crippen LogP contribution in [0.25, 0.3) is 0 Å². The van der Waals surface area contributed by atoms with E-state index in [1.54, 1.807) is 12.1 Å². The van der Waals surface area contributed by atoms with Gasteiger partial charge in [0.15, 0.2) is 0 Å². The van der Waals surface area contributed by atoms with Gasteiger partial charge in [0.1, 0.15) is 5.82 Å². The molecule has 0 aromatic heterocycles. The molecule has 1 N–H and O–H groups in total. The van der Waals surface area contributed by atoms with Crippen molar-refractivity contribution in [3.05, 3.63) is 35.6 Å². The van der Waals surface area contributed by atoms with Gasteiger partial charge in [-0.25, -0.2) is 4.39 Å². The van der Waals surface area contributed by atoms with Crippen LogP contribution in [-0.2, 0) is 10.2 Å². The second-order valence-electron chi connectivity index (χ2n) is 5.96.